The maximum atomic E-state index is 12.1. The second-order valence-electron chi connectivity index (χ2n) is 5.46. The van der Waals surface area contributed by atoms with Gasteiger partial charge in [-0.3, -0.25) is 4.79 Å². The van der Waals surface area contributed by atoms with Gasteiger partial charge < -0.3 is 11.1 Å². The molecular weight excluding hydrogens is 330 g/mol. The first kappa shape index (κ1) is 19.6. The standard InChI is InChI=1S/C17H23N3OS.ClH/c1-4-8-14(18)16(21)19-11(2)15-12(3)20-17(22-15)13-9-6-5-7-10-13;/h5-7,9-11,14H,4,8,18H2,1-3H3,(H,19,21);1H. The van der Waals surface area contributed by atoms with Crippen LogP contribution in [0.25, 0.3) is 10.6 Å². The van der Waals surface area contributed by atoms with E-state index in [2.05, 4.69) is 10.3 Å². The van der Waals surface area contributed by atoms with E-state index in [0.29, 0.717) is 6.42 Å². The Hall–Kier alpha value is -1.43. The fourth-order valence-corrected chi connectivity index (χ4v) is 3.42. The van der Waals surface area contributed by atoms with Gasteiger partial charge in [-0.2, -0.15) is 0 Å². The molecule has 3 N–H and O–H groups in total. The predicted octanol–water partition coefficient (Wildman–Crippen LogP) is 3.84. The Bertz CT molecular complexity index is 630. The maximum absolute atomic E-state index is 12.1. The lowest BCUT2D eigenvalue weighted by atomic mass is 10.1. The zero-order valence-electron chi connectivity index (χ0n) is 13.7. The number of amides is 1. The van der Waals surface area contributed by atoms with Crippen molar-refractivity contribution in [1.82, 2.24) is 10.3 Å². The van der Waals surface area contributed by atoms with Crippen molar-refractivity contribution >= 4 is 29.7 Å². The number of aryl methyl sites for hydroxylation is 1. The number of nitrogens with two attached hydrogens (primary N) is 1. The molecule has 2 atom stereocenters. The van der Waals surface area contributed by atoms with Gasteiger partial charge in [-0.15, -0.1) is 23.7 Å². The van der Waals surface area contributed by atoms with Crippen molar-refractivity contribution in [2.75, 3.05) is 0 Å². The molecule has 0 fully saturated rings. The molecule has 0 bridgehead atoms. The zero-order chi connectivity index (χ0) is 16.1. The lowest BCUT2D eigenvalue weighted by Crippen LogP contribution is -2.41. The van der Waals surface area contributed by atoms with Crippen molar-refractivity contribution in [3.05, 3.63) is 40.9 Å². The number of rotatable bonds is 6. The third kappa shape index (κ3) is 5.03. The largest absolute Gasteiger partial charge is 0.347 e. The van der Waals surface area contributed by atoms with E-state index in [0.717, 1.165) is 27.6 Å². The summed E-state index contributed by atoms with van der Waals surface area (Å²) < 4.78 is 0. The topological polar surface area (TPSA) is 68.0 Å². The quantitative estimate of drug-likeness (QED) is 0.828. The monoisotopic (exact) mass is 353 g/mol. The average Bonchev–Trinajstić information content (AvgIpc) is 2.90. The molecule has 2 unspecified atom stereocenters. The molecular formula is C17H24ClN3OS. The Morgan fingerprint density at radius 3 is 2.61 bits per heavy atom. The summed E-state index contributed by atoms with van der Waals surface area (Å²) >= 11 is 1.62. The summed E-state index contributed by atoms with van der Waals surface area (Å²) in [5, 5.41) is 3.97. The molecule has 0 aliphatic heterocycles. The minimum absolute atomic E-state index is 0. The molecule has 126 valence electrons. The molecule has 2 rings (SSSR count). The fourth-order valence-electron chi connectivity index (χ4n) is 2.34. The van der Waals surface area contributed by atoms with E-state index < -0.39 is 6.04 Å². The van der Waals surface area contributed by atoms with Gasteiger partial charge in [0.2, 0.25) is 5.91 Å². The highest BCUT2D eigenvalue weighted by Gasteiger charge is 2.19. The zero-order valence-corrected chi connectivity index (χ0v) is 15.3. The minimum Gasteiger partial charge on any atom is -0.347 e. The maximum Gasteiger partial charge on any atom is 0.237 e. The molecule has 0 spiro atoms. The van der Waals surface area contributed by atoms with E-state index in [-0.39, 0.29) is 24.4 Å². The number of carbonyl (C=O) groups excluding carboxylic acids is 1. The van der Waals surface area contributed by atoms with E-state index in [1.165, 1.54) is 0 Å². The third-order valence-corrected chi connectivity index (χ3v) is 4.93. The molecule has 0 saturated heterocycles. The van der Waals surface area contributed by atoms with Gasteiger partial charge in [0.15, 0.2) is 0 Å². The van der Waals surface area contributed by atoms with Crippen LogP contribution in [0.4, 0.5) is 0 Å². The molecule has 4 nitrogen and oxygen atoms in total. The number of carbonyl (C=O) groups is 1. The molecule has 1 aromatic heterocycles. The minimum atomic E-state index is -0.436. The molecule has 2 aromatic rings. The second kappa shape index (κ2) is 9.01. The van der Waals surface area contributed by atoms with Crippen molar-refractivity contribution in [1.29, 1.82) is 0 Å². The lowest BCUT2D eigenvalue weighted by Gasteiger charge is -2.16. The van der Waals surface area contributed by atoms with Crippen LogP contribution in [-0.2, 0) is 4.79 Å². The number of halogens is 1. The first-order valence-electron chi connectivity index (χ1n) is 7.61. The van der Waals surface area contributed by atoms with Crippen LogP contribution in [0.5, 0.6) is 0 Å². The Morgan fingerprint density at radius 1 is 1.35 bits per heavy atom. The highest BCUT2D eigenvalue weighted by Crippen LogP contribution is 2.31. The van der Waals surface area contributed by atoms with Gasteiger partial charge in [0.1, 0.15) is 5.01 Å². The van der Waals surface area contributed by atoms with Crippen LogP contribution >= 0.6 is 23.7 Å². The summed E-state index contributed by atoms with van der Waals surface area (Å²) in [6.45, 7) is 5.98. The van der Waals surface area contributed by atoms with E-state index >= 15 is 0 Å². The van der Waals surface area contributed by atoms with Crippen LogP contribution in [-0.4, -0.2) is 16.9 Å². The van der Waals surface area contributed by atoms with Gasteiger partial charge in [0.05, 0.1) is 22.7 Å². The first-order chi connectivity index (χ1) is 10.5. The molecule has 6 heteroatoms. The number of thiazole rings is 1. The summed E-state index contributed by atoms with van der Waals surface area (Å²) in [5.74, 6) is -0.0941. The van der Waals surface area contributed by atoms with Gasteiger partial charge in [-0.1, -0.05) is 43.7 Å². The molecule has 1 aromatic carbocycles. The summed E-state index contributed by atoms with van der Waals surface area (Å²) in [6.07, 6.45) is 1.61. The Kier molecular flexibility index (Phi) is 7.68. The van der Waals surface area contributed by atoms with Crippen molar-refractivity contribution in [3.63, 3.8) is 0 Å². The molecule has 0 aliphatic rings. The van der Waals surface area contributed by atoms with Crippen molar-refractivity contribution in [2.45, 2.75) is 45.7 Å². The van der Waals surface area contributed by atoms with Crippen LogP contribution in [0.3, 0.4) is 0 Å². The normalized spacial score (nSPS) is 13.0. The van der Waals surface area contributed by atoms with Gasteiger partial charge >= 0.3 is 0 Å². The first-order valence-corrected chi connectivity index (χ1v) is 8.43. The van der Waals surface area contributed by atoms with E-state index in [1.807, 2.05) is 51.1 Å². The SMILES string of the molecule is CCCC(N)C(=O)NC(C)c1sc(-c2ccccc2)nc1C.Cl. The Balaban J connectivity index is 0.00000264. The van der Waals surface area contributed by atoms with Crippen LogP contribution in [0.2, 0.25) is 0 Å². The number of nitrogens with one attached hydrogen (secondary N) is 1. The Morgan fingerprint density at radius 2 is 2.00 bits per heavy atom. The van der Waals surface area contributed by atoms with Gasteiger partial charge in [-0.25, -0.2) is 4.98 Å². The number of hydrogen-bond acceptors (Lipinski definition) is 4. The molecule has 1 heterocycles. The molecule has 1 amide bonds. The summed E-state index contributed by atoms with van der Waals surface area (Å²) in [7, 11) is 0. The molecule has 23 heavy (non-hydrogen) atoms. The second-order valence-corrected chi connectivity index (χ2v) is 6.49. The van der Waals surface area contributed by atoms with Crippen LogP contribution < -0.4 is 11.1 Å². The van der Waals surface area contributed by atoms with Gasteiger partial charge in [0.25, 0.3) is 0 Å². The lowest BCUT2D eigenvalue weighted by molar-refractivity contribution is -0.123. The van der Waals surface area contributed by atoms with Crippen molar-refractivity contribution in [2.24, 2.45) is 5.73 Å². The average molecular weight is 354 g/mol. The number of benzene rings is 1. The molecule has 0 radical (unpaired) electrons. The van der Waals surface area contributed by atoms with E-state index in [4.69, 9.17) is 5.73 Å². The summed E-state index contributed by atoms with van der Waals surface area (Å²) in [6, 6.07) is 9.56. The fraction of sp³-hybridized carbons (Fsp3) is 0.412. The molecule has 0 saturated carbocycles. The van der Waals surface area contributed by atoms with Crippen molar-refractivity contribution < 1.29 is 4.79 Å². The van der Waals surface area contributed by atoms with Crippen LogP contribution in [0, 0.1) is 6.92 Å². The highest BCUT2D eigenvalue weighted by atomic mass is 35.5. The summed E-state index contributed by atoms with van der Waals surface area (Å²) in [5.41, 5.74) is 7.92. The number of aromatic nitrogens is 1. The van der Waals surface area contributed by atoms with Gasteiger partial charge in [0, 0.05) is 5.56 Å². The molecule has 0 aliphatic carbocycles. The predicted molar refractivity (Wildman–Crippen MR) is 99.0 cm³/mol. The van der Waals surface area contributed by atoms with E-state index in [1.54, 1.807) is 11.3 Å². The smallest absolute Gasteiger partial charge is 0.237 e. The van der Waals surface area contributed by atoms with Crippen LogP contribution in [0.15, 0.2) is 30.3 Å². The van der Waals surface area contributed by atoms with E-state index in [9.17, 15) is 4.79 Å². The number of hydrogen-bond donors (Lipinski definition) is 2. The third-order valence-electron chi connectivity index (χ3n) is 3.54. The van der Waals surface area contributed by atoms with Crippen LogP contribution in [0.1, 0.15) is 43.3 Å². The summed E-state index contributed by atoms with van der Waals surface area (Å²) in [4.78, 5) is 17.8. The van der Waals surface area contributed by atoms with Crippen molar-refractivity contribution in [3.8, 4) is 10.6 Å². The number of nitrogens with zero attached hydrogens (tertiary/aromatic N) is 1. The van der Waals surface area contributed by atoms with Gasteiger partial charge in [-0.05, 0) is 20.3 Å². The highest BCUT2D eigenvalue weighted by molar-refractivity contribution is 7.15. The Labute approximate surface area is 147 Å².